The molecular formula is C12H13FO2. The zero-order chi connectivity index (χ0) is 10.8. The van der Waals surface area contributed by atoms with Crippen molar-refractivity contribution in [3.63, 3.8) is 0 Å². The van der Waals surface area contributed by atoms with Crippen LogP contribution in [0.2, 0.25) is 0 Å². The molecule has 0 amide bonds. The smallest absolute Gasteiger partial charge is 0.335 e. The van der Waals surface area contributed by atoms with Gasteiger partial charge in [0.05, 0.1) is 12.2 Å². The quantitative estimate of drug-likeness (QED) is 0.826. The van der Waals surface area contributed by atoms with E-state index in [2.05, 4.69) is 0 Å². The average Bonchev–Trinajstić information content (AvgIpc) is 3.04. The van der Waals surface area contributed by atoms with Crippen molar-refractivity contribution in [1.29, 1.82) is 0 Å². The maximum Gasteiger partial charge on any atom is 0.335 e. The van der Waals surface area contributed by atoms with Crippen molar-refractivity contribution in [3.8, 4) is 0 Å². The summed E-state index contributed by atoms with van der Waals surface area (Å²) in [7, 11) is 0. The fourth-order valence-electron chi connectivity index (χ4n) is 1.98. The molecule has 0 heterocycles. The van der Waals surface area contributed by atoms with Gasteiger partial charge in [-0.05, 0) is 30.4 Å². The lowest BCUT2D eigenvalue weighted by Crippen LogP contribution is -2.10. The van der Waals surface area contributed by atoms with Gasteiger partial charge in [0.2, 0.25) is 0 Å². The first-order valence-corrected chi connectivity index (χ1v) is 5.12. The Labute approximate surface area is 87.7 Å². The van der Waals surface area contributed by atoms with E-state index < -0.39 is 12.6 Å². The van der Waals surface area contributed by atoms with Crippen LogP contribution in [0.1, 0.15) is 34.7 Å². The number of carboxylic acid groups (broad SMARTS) is 1. The predicted octanol–water partition coefficient (Wildman–Crippen LogP) is 2.85. The molecule has 3 heteroatoms. The lowest BCUT2D eigenvalue weighted by atomic mass is 9.91. The van der Waals surface area contributed by atoms with Crippen molar-refractivity contribution in [1.82, 2.24) is 0 Å². The topological polar surface area (TPSA) is 37.3 Å². The first-order chi connectivity index (χ1) is 7.24. The number of carbonyl (C=O) groups is 1. The second-order valence-corrected chi connectivity index (χ2v) is 3.99. The number of benzene rings is 1. The monoisotopic (exact) mass is 208 g/mol. The summed E-state index contributed by atoms with van der Waals surface area (Å²) in [6.45, 7) is -0.463. The van der Waals surface area contributed by atoms with E-state index in [-0.39, 0.29) is 11.5 Å². The van der Waals surface area contributed by atoms with Crippen LogP contribution in [0.4, 0.5) is 4.39 Å². The number of rotatable bonds is 4. The fourth-order valence-corrected chi connectivity index (χ4v) is 1.98. The second-order valence-electron chi connectivity index (χ2n) is 3.99. The maximum atomic E-state index is 12.9. The van der Waals surface area contributed by atoms with Gasteiger partial charge in [-0.15, -0.1) is 0 Å². The average molecular weight is 208 g/mol. The molecule has 0 bridgehead atoms. The fraction of sp³-hybridized carbons (Fsp3) is 0.417. The Balaban J connectivity index is 2.36. The first kappa shape index (κ1) is 10.1. The number of carboxylic acids is 1. The summed E-state index contributed by atoms with van der Waals surface area (Å²) in [5, 5.41) is 8.99. The van der Waals surface area contributed by atoms with Crippen LogP contribution < -0.4 is 0 Å². The minimum atomic E-state index is -0.968. The third kappa shape index (κ3) is 2.01. The highest BCUT2D eigenvalue weighted by Crippen LogP contribution is 2.43. The van der Waals surface area contributed by atoms with Crippen LogP contribution in [0.25, 0.3) is 0 Å². The molecule has 0 saturated heterocycles. The second kappa shape index (κ2) is 4.01. The Hall–Kier alpha value is -1.38. The zero-order valence-corrected chi connectivity index (χ0v) is 8.32. The van der Waals surface area contributed by atoms with Crippen molar-refractivity contribution in [3.05, 3.63) is 35.4 Å². The van der Waals surface area contributed by atoms with Crippen LogP contribution in [0.15, 0.2) is 24.3 Å². The van der Waals surface area contributed by atoms with Gasteiger partial charge in [0, 0.05) is 5.92 Å². The van der Waals surface area contributed by atoms with Crippen molar-refractivity contribution in [2.75, 3.05) is 6.67 Å². The molecule has 80 valence electrons. The molecule has 1 unspecified atom stereocenters. The Morgan fingerprint density at radius 2 is 2.13 bits per heavy atom. The molecule has 1 aromatic rings. The molecule has 2 rings (SSSR count). The first-order valence-electron chi connectivity index (χ1n) is 5.12. The Bertz CT molecular complexity index is 372. The van der Waals surface area contributed by atoms with E-state index in [4.69, 9.17) is 5.11 Å². The van der Waals surface area contributed by atoms with E-state index in [1.165, 1.54) is 0 Å². The van der Waals surface area contributed by atoms with Crippen LogP contribution >= 0.6 is 0 Å². The summed E-state index contributed by atoms with van der Waals surface area (Å²) < 4.78 is 12.9. The summed E-state index contributed by atoms with van der Waals surface area (Å²) in [5.74, 6) is -0.850. The van der Waals surface area contributed by atoms with E-state index in [1.54, 1.807) is 24.3 Å². The van der Waals surface area contributed by atoms with E-state index in [1.807, 2.05) is 0 Å². The summed E-state index contributed by atoms with van der Waals surface area (Å²) >= 11 is 0. The van der Waals surface area contributed by atoms with Gasteiger partial charge in [-0.25, -0.2) is 4.79 Å². The van der Waals surface area contributed by atoms with Gasteiger partial charge < -0.3 is 5.11 Å². The van der Waals surface area contributed by atoms with Gasteiger partial charge in [0.25, 0.3) is 0 Å². The number of hydrogen-bond donors (Lipinski definition) is 1. The zero-order valence-electron chi connectivity index (χ0n) is 8.32. The molecule has 1 N–H and O–H groups in total. The summed E-state index contributed by atoms with van der Waals surface area (Å²) in [5.41, 5.74) is 0.891. The standard InChI is InChI=1S/C12H13FO2/c13-7-11(8-5-6-8)9-3-1-2-4-10(9)12(14)15/h1-4,8,11H,5-7H2,(H,14,15). The molecule has 1 atom stereocenters. The Kier molecular flexibility index (Phi) is 2.71. The molecule has 0 aromatic heterocycles. The van der Waals surface area contributed by atoms with Crippen LogP contribution in [-0.2, 0) is 0 Å². The molecule has 1 saturated carbocycles. The Morgan fingerprint density at radius 3 is 2.67 bits per heavy atom. The van der Waals surface area contributed by atoms with Gasteiger partial charge in [0.1, 0.15) is 0 Å². The van der Waals surface area contributed by atoms with Crippen LogP contribution in [0, 0.1) is 5.92 Å². The van der Waals surface area contributed by atoms with E-state index in [0.717, 1.165) is 12.8 Å². The van der Waals surface area contributed by atoms with Gasteiger partial charge >= 0.3 is 5.97 Å². The highest BCUT2D eigenvalue weighted by Gasteiger charge is 2.34. The van der Waals surface area contributed by atoms with Gasteiger partial charge in [-0.2, -0.15) is 0 Å². The number of halogens is 1. The third-order valence-corrected chi connectivity index (χ3v) is 2.95. The maximum absolute atomic E-state index is 12.9. The van der Waals surface area contributed by atoms with Crippen molar-refractivity contribution >= 4 is 5.97 Å². The van der Waals surface area contributed by atoms with E-state index in [9.17, 15) is 9.18 Å². The summed E-state index contributed by atoms with van der Waals surface area (Å²) in [6.07, 6.45) is 2.03. The van der Waals surface area contributed by atoms with Crippen LogP contribution in [-0.4, -0.2) is 17.8 Å². The molecule has 2 nitrogen and oxygen atoms in total. The predicted molar refractivity (Wildman–Crippen MR) is 54.8 cm³/mol. The molecular weight excluding hydrogens is 195 g/mol. The van der Waals surface area contributed by atoms with Crippen molar-refractivity contribution in [2.45, 2.75) is 18.8 Å². The van der Waals surface area contributed by atoms with Gasteiger partial charge in [-0.1, -0.05) is 18.2 Å². The molecule has 15 heavy (non-hydrogen) atoms. The molecule has 1 aromatic carbocycles. The summed E-state index contributed by atoms with van der Waals surface area (Å²) in [6, 6.07) is 6.72. The minimum Gasteiger partial charge on any atom is -0.478 e. The Morgan fingerprint density at radius 1 is 1.47 bits per heavy atom. The lowest BCUT2D eigenvalue weighted by molar-refractivity contribution is 0.0695. The molecule has 1 aliphatic carbocycles. The van der Waals surface area contributed by atoms with Crippen molar-refractivity contribution < 1.29 is 14.3 Å². The van der Waals surface area contributed by atoms with E-state index >= 15 is 0 Å². The lowest BCUT2D eigenvalue weighted by Gasteiger charge is -2.14. The molecule has 1 aliphatic rings. The normalized spacial score (nSPS) is 17.4. The SMILES string of the molecule is O=C(O)c1ccccc1C(CF)C1CC1. The molecule has 0 spiro atoms. The van der Waals surface area contributed by atoms with Gasteiger partial charge in [-0.3, -0.25) is 4.39 Å². The number of aromatic carboxylic acids is 1. The van der Waals surface area contributed by atoms with Crippen LogP contribution in [0.5, 0.6) is 0 Å². The van der Waals surface area contributed by atoms with Gasteiger partial charge in [0.15, 0.2) is 0 Å². The highest BCUT2D eigenvalue weighted by atomic mass is 19.1. The number of alkyl halides is 1. The largest absolute Gasteiger partial charge is 0.478 e. The molecule has 0 radical (unpaired) electrons. The minimum absolute atomic E-state index is 0.225. The van der Waals surface area contributed by atoms with Crippen molar-refractivity contribution in [2.24, 2.45) is 5.92 Å². The molecule has 0 aliphatic heterocycles. The third-order valence-electron chi connectivity index (χ3n) is 2.95. The number of hydrogen-bond acceptors (Lipinski definition) is 1. The highest BCUT2D eigenvalue weighted by molar-refractivity contribution is 5.89. The van der Waals surface area contributed by atoms with Crippen LogP contribution in [0.3, 0.4) is 0 Å². The molecule has 1 fully saturated rings. The summed E-state index contributed by atoms with van der Waals surface area (Å²) in [4.78, 5) is 11.0. The van der Waals surface area contributed by atoms with E-state index in [0.29, 0.717) is 11.5 Å².